The first-order chi connectivity index (χ1) is 5.63. The molecule has 0 fully saturated rings. The van der Waals surface area contributed by atoms with Crippen molar-refractivity contribution in [3.05, 3.63) is 0 Å². The van der Waals surface area contributed by atoms with Crippen LogP contribution in [0.5, 0.6) is 0 Å². The predicted octanol–water partition coefficient (Wildman–Crippen LogP) is 1.62. The molecule has 1 N–H and O–H groups in total. The van der Waals surface area contributed by atoms with Gasteiger partial charge in [0.15, 0.2) is 0 Å². The Morgan fingerprint density at radius 1 is 1.75 bits per heavy atom. The van der Waals surface area contributed by atoms with Gasteiger partial charge in [-0.05, 0) is 36.5 Å². The number of carboxylic acids is 1. The molecule has 3 nitrogen and oxygen atoms in total. The molecule has 12 heavy (non-hydrogen) atoms. The number of thiol groups is 1. The van der Waals surface area contributed by atoms with E-state index in [0.29, 0.717) is 12.2 Å². The molecule has 0 aliphatic rings. The van der Waals surface area contributed by atoms with Crippen molar-refractivity contribution in [3.63, 3.8) is 0 Å². The molecule has 0 spiro atoms. The zero-order valence-electron chi connectivity index (χ0n) is 7.06. The summed E-state index contributed by atoms with van der Waals surface area (Å²) < 4.78 is 1.74. The van der Waals surface area contributed by atoms with Crippen LogP contribution in [-0.4, -0.2) is 40.5 Å². The maximum Gasteiger partial charge on any atom is 0.321 e. The maximum absolute atomic E-state index is 10.7. The van der Waals surface area contributed by atoms with Gasteiger partial charge < -0.3 is 5.11 Å². The molecule has 0 aromatic heterocycles. The Morgan fingerprint density at radius 3 is 2.67 bits per heavy atom. The van der Waals surface area contributed by atoms with E-state index in [1.807, 2.05) is 6.26 Å². The molecule has 0 amide bonds. The Labute approximate surface area is 86.2 Å². The molecule has 1 atom stereocenters. The highest BCUT2D eigenvalue weighted by atomic mass is 33.1. The number of carboxylic acid groups (broad SMARTS) is 1. The number of aliphatic carboxylic acids is 1. The van der Waals surface area contributed by atoms with Gasteiger partial charge in [0.2, 0.25) is 0 Å². The van der Waals surface area contributed by atoms with Crippen LogP contribution in [0.3, 0.4) is 0 Å². The fraction of sp³-hybridized carbons (Fsp3) is 0.833. The van der Waals surface area contributed by atoms with Crippen LogP contribution in [0, 0.1) is 0 Å². The zero-order valence-corrected chi connectivity index (χ0v) is 9.59. The summed E-state index contributed by atoms with van der Waals surface area (Å²) in [5.41, 5.74) is 0. The van der Waals surface area contributed by atoms with E-state index in [0.717, 1.165) is 0 Å². The van der Waals surface area contributed by atoms with Crippen molar-refractivity contribution in [2.75, 3.05) is 19.1 Å². The number of rotatable bonds is 6. The summed E-state index contributed by atoms with van der Waals surface area (Å²) >= 11 is 4.01. The summed E-state index contributed by atoms with van der Waals surface area (Å²) in [5, 5.41) is 8.80. The number of nitrogens with zero attached hydrogens (tertiary/aromatic N) is 1. The van der Waals surface area contributed by atoms with Gasteiger partial charge in [-0.1, -0.05) is 10.8 Å². The average Bonchev–Trinajstić information content (AvgIpc) is 1.99. The largest absolute Gasteiger partial charge is 0.480 e. The molecule has 0 aliphatic heterocycles. The van der Waals surface area contributed by atoms with Crippen LogP contribution in [0.15, 0.2) is 0 Å². The fourth-order valence-electron chi connectivity index (χ4n) is 0.753. The molecule has 0 rings (SSSR count). The molecular formula is C6H13NO2S3. The van der Waals surface area contributed by atoms with E-state index < -0.39 is 12.0 Å². The van der Waals surface area contributed by atoms with Crippen molar-refractivity contribution in [2.45, 2.75) is 12.5 Å². The molecule has 0 heterocycles. The van der Waals surface area contributed by atoms with Crippen molar-refractivity contribution in [3.8, 4) is 0 Å². The lowest BCUT2D eigenvalue weighted by Gasteiger charge is -2.21. The van der Waals surface area contributed by atoms with Crippen LogP contribution < -0.4 is 0 Å². The Balaban J connectivity index is 3.99. The zero-order chi connectivity index (χ0) is 9.56. The smallest absolute Gasteiger partial charge is 0.321 e. The maximum atomic E-state index is 10.7. The van der Waals surface area contributed by atoms with Crippen LogP contribution in [0.4, 0.5) is 0 Å². The van der Waals surface area contributed by atoms with Gasteiger partial charge in [-0.25, -0.2) is 4.31 Å². The van der Waals surface area contributed by atoms with E-state index in [9.17, 15) is 4.79 Å². The molecule has 6 heteroatoms. The highest BCUT2D eigenvalue weighted by Crippen LogP contribution is 2.24. The summed E-state index contributed by atoms with van der Waals surface area (Å²) in [5.74, 6) is -0.191. The van der Waals surface area contributed by atoms with Gasteiger partial charge >= 0.3 is 5.97 Å². The number of carbonyl (C=O) groups is 1. The first-order valence-corrected chi connectivity index (χ1v) is 6.55. The lowest BCUT2D eigenvalue weighted by molar-refractivity contribution is -0.141. The van der Waals surface area contributed by atoms with E-state index in [1.54, 1.807) is 11.4 Å². The first kappa shape index (κ1) is 12.5. The Morgan fingerprint density at radius 2 is 2.33 bits per heavy atom. The third-order valence-electron chi connectivity index (χ3n) is 1.32. The molecule has 0 aromatic carbocycles. The molecule has 0 radical (unpaired) electrons. The monoisotopic (exact) mass is 227 g/mol. The quantitative estimate of drug-likeness (QED) is 0.410. The van der Waals surface area contributed by atoms with Crippen molar-refractivity contribution >= 4 is 40.4 Å². The lowest BCUT2D eigenvalue weighted by atomic mass is 10.2. The van der Waals surface area contributed by atoms with E-state index >= 15 is 0 Å². The summed E-state index contributed by atoms with van der Waals surface area (Å²) in [7, 11) is 4.76. The lowest BCUT2D eigenvalue weighted by Crippen LogP contribution is -2.33. The Hall–Kier alpha value is 0.480. The van der Waals surface area contributed by atoms with Crippen molar-refractivity contribution in [2.24, 2.45) is 0 Å². The highest BCUT2D eigenvalue weighted by Gasteiger charge is 2.21. The molecule has 0 aliphatic carbocycles. The minimum Gasteiger partial charge on any atom is -0.480 e. The second-order valence-corrected chi connectivity index (χ2v) is 5.11. The first-order valence-electron chi connectivity index (χ1n) is 3.40. The third-order valence-corrected chi connectivity index (χ3v) is 3.37. The SMILES string of the molecule is CSSN(C)[C@@H](CCS)C(=O)O. The predicted molar refractivity (Wildman–Crippen MR) is 58.8 cm³/mol. The van der Waals surface area contributed by atoms with Crippen molar-refractivity contribution < 1.29 is 9.90 Å². The Bertz CT molecular complexity index is 145. The standard InChI is InChI=1S/C6H13NO2S3/c1-7(12-11-2)5(3-4-10)6(8)9/h5,10H,3-4H2,1-2H3,(H,8,9)/t5-/m0/s1. The molecule has 72 valence electrons. The topological polar surface area (TPSA) is 40.5 Å². The minimum absolute atomic E-state index is 0.431. The molecule has 0 bridgehead atoms. The molecular weight excluding hydrogens is 214 g/mol. The van der Waals surface area contributed by atoms with E-state index in [2.05, 4.69) is 12.6 Å². The summed E-state index contributed by atoms with van der Waals surface area (Å²) in [6.07, 6.45) is 2.49. The van der Waals surface area contributed by atoms with Gasteiger partial charge in [0.25, 0.3) is 0 Å². The molecule has 0 saturated carbocycles. The van der Waals surface area contributed by atoms with Gasteiger partial charge in [-0.15, -0.1) is 0 Å². The second kappa shape index (κ2) is 6.94. The average molecular weight is 227 g/mol. The fourth-order valence-corrected chi connectivity index (χ4v) is 2.55. The number of hydrogen-bond donors (Lipinski definition) is 2. The van der Waals surface area contributed by atoms with E-state index in [1.165, 1.54) is 21.8 Å². The van der Waals surface area contributed by atoms with Crippen molar-refractivity contribution in [1.29, 1.82) is 0 Å². The van der Waals surface area contributed by atoms with E-state index in [4.69, 9.17) is 5.11 Å². The minimum atomic E-state index is -0.784. The molecule has 0 aromatic rings. The Kier molecular flexibility index (Phi) is 7.22. The normalized spacial score (nSPS) is 13.3. The van der Waals surface area contributed by atoms with Crippen LogP contribution in [0.25, 0.3) is 0 Å². The second-order valence-electron chi connectivity index (χ2n) is 2.15. The van der Waals surface area contributed by atoms with Gasteiger partial charge in [0, 0.05) is 0 Å². The summed E-state index contributed by atoms with van der Waals surface area (Å²) in [6, 6.07) is -0.431. The van der Waals surface area contributed by atoms with E-state index in [-0.39, 0.29) is 0 Å². The third kappa shape index (κ3) is 4.49. The number of hydrogen-bond acceptors (Lipinski definition) is 5. The molecule has 0 saturated heterocycles. The van der Waals surface area contributed by atoms with Gasteiger partial charge in [-0.2, -0.15) is 12.6 Å². The number of likely N-dealkylation sites (N-methyl/N-ethyl adjacent to an activating group) is 1. The highest BCUT2D eigenvalue weighted by molar-refractivity contribution is 8.75. The van der Waals surface area contributed by atoms with Crippen LogP contribution in [0.2, 0.25) is 0 Å². The van der Waals surface area contributed by atoms with Crippen molar-refractivity contribution in [1.82, 2.24) is 4.31 Å². The van der Waals surface area contributed by atoms with Crippen LogP contribution in [-0.2, 0) is 4.79 Å². The van der Waals surface area contributed by atoms with Crippen LogP contribution >= 0.6 is 34.4 Å². The summed E-state index contributed by atoms with van der Waals surface area (Å²) in [4.78, 5) is 10.7. The van der Waals surface area contributed by atoms with Gasteiger partial charge in [0.1, 0.15) is 6.04 Å². The summed E-state index contributed by atoms with van der Waals surface area (Å²) in [6.45, 7) is 0. The van der Waals surface area contributed by atoms with Gasteiger partial charge in [-0.3, -0.25) is 4.79 Å². The van der Waals surface area contributed by atoms with Gasteiger partial charge in [0.05, 0.1) is 0 Å². The van der Waals surface area contributed by atoms with Crippen LogP contribution in [0.1, 0.15) is 6.42 Å². The molecule has 0 unspecified atom stereocenters.